The summed E-state index contributed by atoms with van der Waals surface area (Å²) in [6.45, 7) is 9.05. The van der Waals surface area contributed by atoms with Gasteiger partial charge in [0.05, 0.1) is 12.3 Å². The zero-order chi connectivity index (χ0) is 20.0. The Hall–Kier alpha value is -2.25. The van der Waals surface area contributed by atoms with Crippen molar-refractivity contribution in [3.05, 3.63) is 34.5 Å². The second-order valence-corrected chi connectivity index (χ2v) is 9.29. The molecule has 1 saturated heterocycles. The number of hydrogen-bond donors (Lipinski definition) is 1. The first kappa shape index (κ1) is 18.8. The van der Waals surface area contributed by atoms with E-state index in [1.807, 2.05) is 11.6 Å². The number of hydrogen-bond acceptors (Lipinski definition) is 6. The predicted molar refractivity (Wildman–Crippen MR) is 116 cm³/mol. The largest absolute Gasteiger partial charge is 0.492 e. The normalized spacial score (nSPS) is 18.8. The van der Waals surface area contributed by atoms with Gasteiger partial charge in [-0.05, 0) is 63.8 Å². The van der Waals surface area contributed by atoms with Gasteiger partial charge in [0.2, 0.25) is 0 Å². The molecule has 152 valence electrons. The van der Waals surface area contributed by atoms with Gasteiger partial charge < -0.3 is 10.1 Å². The van der Waals surface area contributed by atoms with Crippen LogP contribution in [0.4, 0.5) is 0 Å². The highest BCUT2D eigenvalue weighted by Crippen LogP contribution is 2.41. The molecule has 4 heterocycles. The maximum atomic E-state index is 6.15. The third-order valence-electron chi connectivity index (χ3n) is 5.73. The van der Waals surface area contributed by atoms with Crippen molar-refractivity contribution in [2.45, 2.75) is 52.0 Å². The van der Waals surface area contributed by atoms with E-state index in [2.05, 4.69) is 47.4 Å². The summed E-state index contributed by atoms with van der Waals surface area (Å²) in [5.74, 6) is 3.18. The number of nitrogens with one attached hydrogen (secondary N) is 1. The number of fused-ring (bicyclic) bond motifs is 3. The van der Waals surface area contributed by atoms with E-state index < -0.39 is 0 Å². The lowest BCUT2D eigenvalue weighted by Crippen LogP contribution is -2.28. The smallest absolute Gasteiger partial charge is 0.187 e. The Kier molecular flexibility index (Phi) is 4.87. The Morgan fingerprint density at radius 1 is 1.28 bits per heavy atom. The van der Waals surface area contributed by atoms with Crippen LogP contribution in [0.1, 0.15) is 54.9 Å². The molecule has 2 aliphatic heterocycles. The van der Waals surface area contributed by atoms with Gasteiger partial charge in [-0.15, -0.1) is 11.3 Å². The van der Waals surface area contributed by atoms with E-state index in [0.717, 1.165) is 53.2 Å². The summed E-state index contributed by atoms with van der Waals surface area (Å²) < 4.78 is 8.12. The van der Waals surface area contributed by atoms with Crippen LogP contribution in [0.25, 0.3) is 22.1 Å². The van der Waals surface area contributed by atoms with Crippen molar-refractivity contribution in [1.82, 2.24) is 25.1 Å². The van der Waals surface area contributed by atoms with Gasteiger partial charge in [0.1, 0.15) is 11.6 Å². The highest BCUT2D eigenvalue weighted by Gasteiger charge is 2.25. The topological polar surface area (TPSA) is 64.9 Å². The summed E-state index contributed by atoms with van der Waals surface area (Å²) in [6, 6.07) is 6.94. The third kappa shape index (κ3) is 3.46. The lowest BCUT2D eigenvalue weighted by Gasteiger charge is -2.23. The molecule has 2 aliphatic rings. The SMILES string of the molecule is Cc1nc(-c2nc3c(s2)CCOc2cc([C@@H]4CCCNC4)ccc2-3)n(C(C)C)n1. The number of benzene rings is 1. The Labute approximate surface area is 175 Å². The van der Waals surface area contributed by atoms with Crippen LogP contribution in [0.5, 0.6) is 5.75 Å². The fourth-order valence-electron chi connectivity index (χ4n) is 4.26. The summed E-state index contributed by atoms with van der Waals surface area (Å²) in [7, 11) is 0. The van der Waals surface area contributed by atoms with Crippen LogP contribution in [-0.4, -0.2) is 39.4 Å². The zero-order valence-corrected chi connectivity index (χ0v) is 18.1. The molecule has 1 N–H and O–H groups in total. The van der Waals surface area contributed by atoms with Gasteiger partial charge in [-0.2, -0.15) is 5.10 Å². The van der Waals surface area contributed by atoms with Gasteiger partial charge in [-0.25, -0.2) is 14.6 Å². The highest BCUT2D eigenvalue weighted by molar-refractivity contribution is 7.15. The molecule has 0 saturated carbocycles. The Balaban J connectivity index is 1.55. The third-order valence-corrected chi connectivity index (χ3v) is 6.84. The van der Waals surface area contributed by atoms with E-state index in [4.69, 9.17) is 9.72 Å². The maximum Gasteiger partial charge on any atom is 0.187 e. The molecule has 7 heteroatoms. The van der Waals surface area contributed by atoms with Gasteiger partial charge in [0.15, 0.2) is 10.8 Å². The first-order chi connectivity index (χ1) is 14.1. The van der Waals surface area contributed by atoms with Crippen LogP contribution < -0.4 is 10.1 Å². The quantitative estimate of drug-likeness (QED) is 0.696. The summed E-state index contributed by atoms with van der Waals surface area (Å²) >= 11 is 1.72. The van der Waals surface area contributed by atoms with Crippen molar-refractivity contribution in [2.24, 2.45) is 0 Å². The molecule has 0 radical (unpaired) electrons. The fourth-order valence-corrected chi connectivity index (χ4v) is 5.30. The number of thiazole rings is 1. The van der Waals surface area contributed by atoms with Crippen molar-refractivity contribution in [3.63, 3.8) is 0 Å². The van der Waals surface area contributed by atoms with Gasteiger partial charge in [0, 0.05) is 29.4 Å². The molecule has 0 amide bonds. The summed E-state index contributed by atoms with van der Waals surface area (Å²) in [4.78, 5) is 11.0. The number of ether oxygens (including phenoxy) is 1. The number of nitrogens with zero attached hydrogens (tertiary/aromatic N) is 4. The summed E-state index contributed by atoms with van der Waals surface area (Å²) in [5.41, 5.74) is 3.51. The van der Waals surface area contributed by atoms with Crippen molar-refractivity contribution >= 4 is 11.3 Å². The summed E-state index contributed by atoms with van der Waals surface area (Å²) in [6.07, 6.45) is 3.34. The van der Waals surface area contributed by atoms with Crippen LogP contribution in [-0.2, 0) is 6.42 Å². The highest BCUT2D eigenvalue weighted by atomic mass is 32.1. The van der Waals surface area contributed by atoms with E-state index in [0.29, 0.717) is 12.5 Å². The number of piperidine rings is 1. The molecule has 1 fully saturated rings. The first-order valence-electron chi connectivity index (χ1n) is 10.5. The second kappa shape index (κ2) is 7.54. The Bertz CT molecular complexity index is 1030. The molecule has 2 aromatic heterocycles. The molecular weight excluding hydrogens is 382 g/mol. The van der Waals surface area contributed by atoms with Crippen LogP contribution in [0.15, 0.2) is 18.2 Å². The summed E-state index contributed by atoms with van der Waals surface area (Å²) in [5, 5.41) is 9.02. The average Bonchev–Trinajstić information content (AvgIpc) is 3.28. The van der Waals surface area contributed by atoms with Gasteiger partial charge in [0.25, 0.3) is 0 Å². The second-order valence-electron chi connectivity index (χ2n) is 8.21. The molecule has 1 atom stereocenters. The molecule has 6 nitrogen and oxygen atoms in total. The van der Waals surface area contributed by atoms with Crippen LogP contribution >= 0.6 is 11.3 Å². The molecule has 29 heavy (non-hydrogen) atoms. The molecule has 5 rings (SSSR count). The molecule has 1 aromatic carbocycles. The Morgan fingerprint density at radius 2 is 2.17 bits per heavy atom. The fraction of sp³-hybridized carbons (Fsp3) is 0.500. The van der Waals surface area contributed by atoms with E-state index in [1.54, 1.807) is 11.3 Å². The monoisotopic (exact) mass is 409 g/mol. The van der Waals surface area contributed by atoms with Crippen molar-refractivity contribution in [3.8, 4) is 27.8 Å². The zero-order valence-electron chi connectivity index (χ0n) is 17.2. The lowest BCUT2D eigenvalue weighted by molar-refractivity contribution is 0.326. The van der Waals surface area contributed by atoms with Crippen molar-refractivity contribution in [1.29, 1.82) is 0 Å². The molecular formula is C22H27N5OS. The van der Waals surface area contributed by atoms with Gasteiger partial charge in [-0.1, -0.05) is 6.07 Å². The minimum atomic E-state index is 0.247. The maximum absolute atomic E-state index is 6.15. The molecule has 0 unspecified atom stereocenters. The first-order valence-corrected chi connectivity index (χ1v) is 11.3. The van der Waals surface area contributed by atoms with Crippen molar-refractivity contribution < 1.29 is 4.74 Å². The predicted octanol–water partition coefficient (Wildman–Crippen LogP) is 4.36. The van der Waals surface area contributed by atoms with E-state index >= 15 is 0 Å². The number of aryl methyl sites for hydroxylation is 1. The van der Waals surface area contributed by atoms with Gasteiger partial charge in [-0.3, -0.25) is 0 Å². The standard InChI is InChI=1S/C22H27N5OS/c1-13(2)27-21(24-14(3)26-27)22-25-20-17-7-6-15(16-5-4-9-23-12-16)11-18(17)28-10-8-19(20)29-22/h6-7,11,13,16,23H,4-5,8-10,12H2,1-3H3/t16-/m1/s1. The van der Waals surface area contributed by atoms with Crippen molar-refractivity contribution in [2.75, 3.05) is 19.7 Å². The van der Waals surface area contributed by atoms with Gasteiger partial charge >= 0.3 is 0 Å². The number of rotatable bonds is 3. The van der Waals surface area contributed by atoms with Crippen LogP contribution in [0.3, 0.4) is 0 Å². The molecule has 0 aliphatic carbocycles. The van der Waals surface area contributed by atoms with Crippen LogP contribution in [0, 0.1) is 6.92 Å². The lowest BCUT2D eigenvalue weighted by atomic mass is 9.90. The Morgan fingerprint density at radius 3 is 2.97 bits per heavy atom. The van der Waals surface area contributed by atoms with E-state index in [1.165, 1.54) is 23.3 Å². The van der Waals surface area contributed by atoms with E-state index in [-0.39, 0.29) is 6.04 Å². The molecule has 0 bridgehead atoms. The average molecular weight is 410 g/mol. The minimum absolute atomic E-state index is 0.247. The molecule has 0 spiro atoms. The number of aromatic nitrogens is 4. The van der Waals surface area contributed by atoms with Crippen LogP contribution in [0.2, 0.25) is 0 Å². The minimum Gasteiger partial charge on any atom is -0.492 e. The van der Waals surface area contributed by atoms with E-state index in [9.17, 15) is 0 Å². The molecule has 3 aromatic rings.